The zero-order valence-electron chi connectivity index (χ0n) is 14.0. The van der Waals surface area contributed by atoms with Gasteiger partial charge in [0.15, 0.2) is 0 Å². The number of imidazole rings is 1. The summed E-state index contributed by atoms with van der Waals surface area (Å²) in [6, 6.07) is 9.71. The maximum atomic E-state index is 11.9. The number of carbonyl (C=O) groups is 2. The Labute approximate surface area is 149 Å². The van der Waals surface area contributed by atoms with Gasteiger partial charge in [0.25, 0.3) is 5.91 Å². The van der Waals surface area contributed by atoms with Crippen LogP contribution in [-0.4, -0.2) is 34.5 Å². The standard InChI is InChI=1S/C18H20N4O2S/c1-13-21-15-4-2-3-5-16(15)22(13)10-9-19-17(23)6-8-20-18(24)14-7-11-25-12-14/h2-5,7,11-12H,6,8-10H2,1H3,(H,19,23)(H,20,24). The van der Waals surface area contributed by atoms with Crippen LogP contribution in [-0.2, 0) is 11.3 Å². The van der Waals surface area contributed by atoms with Crippen LogP contribution in [0.2, 0.25) is 0 Å². The molecule has 2 heterocycles. The van der Waals surface area contributed by atoms with Gasteiger partial charge in [-0.3, -0.25) is 9.59 Å². The first-order valence-electron chi connectivity index (χ1n) is 8.14. The third-order valence-electron chi connectivity index (χ3n) is 3.92. The number of rotatable bonds is 7. The molecule has 0 aliphatic rings. The van der Waals surface area contributed by atoms with Gasteiger partial charge in [-0.05, 0) is 30.5 Å². The van der Waals surface area contributed by atoms with Gasteiger partial charge in [0.05, 0.1) is 11.0 Å². The van der Waals surface area contributed by atoms with Gasteiger partial charge in [-0.15, -0.1) is 0 Å². The lowest BCUT2D eigenvalue weighted by atomic mass is 10.3. The molecule has 0 saturated heterocycles. The molecule has 0 atom stereocenters. The van der Waals surface area contributed by atoms with Crippen LogP contribution in [0.1, 0.15) is 22.6 Å². The SMILES string of the molecule is Cc1nc2ccccc2n1CCNC(=O)CCNC(=O)c1ccsc1. The van der Waals surface area contributed by atoms with Crippen molar-refractivity contribution in [3.63, 3.8) is 0 Å². The number of amides is 2. The number of aryl methyl sites for hydroxylation is 1. The fourth-order valence-corrected chi connectivity index (χ4v) is 3.29. The van der Waals surface area contributed by atoms with Crippen molar-refractivity contribution in [1.29, 1.82) is 0 Å². The van der Waals surface area contributed by atoms with Crippen LogP contribution < -0.4 is 10.6 Å². The minimum atomic E-state index is -0.144. The molecule has 0 aliphatic heterocycles. The molecule has 0 bridgehead atoms. The molecule has 0 saturated carbocycles. The summed E-state index contributed by atoms with van der Waals surface area (Å²) in [5, 5.41) is 9.27. The number of hydrogen-bond acceptors (Lipinski definition) is 4. The first-order valence-corrected chi connectivity index (χ1v) is 9.08. The summed E-state index contributed by atoms with van der Waals surface area (Å²) in [6.07, 6.45) is 0.263. The van der Waals surface area contributed by atoms with E-state index < -0.39 is 0 Å². The molecule has 0 fully saturated rings. The zero-order chi connectivity index (χ0) is 17.6. The molecule has 130 valence electrons. The highest BCUT2D eigenvalue weighted by atomic mass is 32.1. The fourth-order valence-electron chi connectivity index (χ4n) is 2.66. The number of hydrogen-bond donors (Lipinski definition) is 2. The summed E-state index contributed by atoms with van der Waals surface area (Å²) >= 11 is 1.47. The summed E-state index contributed by atoms with van der Waals surface area (Å²) in [5.74, 6) is 0.709. The fraction of sp³-hybridized carbons (Fsp3) is 0.278. The molecular weight excluding hydrogens is 336 g/mol. The first-order chi connectivity index (χ1) is 12.1. The van der Waals surface area contributed by atoms with Crippen LogP contribution in [0.5, 0.6) is 0 Å². The van der Waals surface area contributed by atoms with Gasteiger partial charge < -0.3 is 15.2 Å². The van der Waals surface area contributed by atoms with E-state index in [4.69, 9.17) is 0 Å². The van der Waals surface area contributed by atoms with Crippen molar-refractivity contribution in [2.24, 2.45) is 0 Å². The van der Waals surface area contributed by atoms with Crippen LogP contribution in [0.15, 0.2) is 41.1 Å². The van der Waals surface area contributed by atoms with Gasteiger partial charge in [0.1, 0.15) is 5.82 Å². The maximum absolute atomic E-state index is 11.9. The van der Waals surface area contributed by atoms with Crippen LogP contribution in [0, 0.1) is 6.92 Å². The minimum absolute atomic E-state index is 0.0762. The van der Waals surface area contributed by atoms with E-state index >= 15 is 0 Å². The van der Waals surface area contributed by atoms with Gasteiger partial charge in [-0.2, -0.15) is 11.3 Å². The van der Waals surface area contributed by atoms with Gasteiger partial charge in [-0.25, -0.2) is 4.98 Å². The highest BCUT2D eigenvalue weighted by Gasteiger charge is 2.08. The van der Waals surface area contributed by atoms with E-state index in [0.29, 0.717) is 25.2 Å². The molecule has 0 aliphatic carbocycles. The number of carbonyl (C=O) groups excluding carboxylic acids is 2. The lowest BCUT2D eigenvalue weighted by Gasteiger charge is -2.09. The number of thiophene rings is 1. The van der Waals surface area contributed by atoms with Gasteiger partial charge in [-0.1, -0.05) is 12.1 Å². The predicted octanol–water partition coefficient (Wildman–Crippen LogP) is 2.34. The molecule has 25 heavy (non-hydrogen) atoms. The Morgan fingerprint density at radius 1 is 1.16 bits per heavy atom. The van der Waals surface area contributed by atoms with Gasteiger partial charge in [0, 0.05) is 37.0 Å². The normalized spacial score (nSPS) is 10.8. The Bertz CT molecular complexity index is 870. The third-order valence-corrected chi connectivity index (χ3v) is 4.61. The summed E-state index contributed by atoms with van der Waals surface area (Å²) in [7, 11) is 0. The molecule has 1 aromatic carbocycles. The minimum Gasteiger partial charge on any atom is -0.354 e. The molecule has 6 nitrogen and oxygen atoms in total. The number of aromatic nitrogens is 2. The van der Waals surface area contributed by atoms with Crippen molar-refractivity contribution in [3.05, 3.63) is 52.5 Å². The van der Waals surface area contributed by atoms with E-state index in [1.54, 1.807) is 11.4 Å². The molecule has 0 spiro atoms. The van der Waals surface area contributed by atoms with Crippen molar-refractivity contribution in [2.45, 2.75) is 19.9 Å². The molecule has 2 amide bonds. The van der Waals surface area contributed by atoms with Gasteiger partial charge in [0.2, 0.25) is 5.91 Å². The van der Waals surface area contributed by atoms with E-state index in [1.807, 2.05) is 36.6 Å². The maximum Gasteiger partial charge on any atom is 0.252 e. The summed E-state index contributed by atoms with van der Waals surface area (Å²) in [4.78, 5) is 28.2. The van der Waals surface area contributed by atoms with Gasteiger partial charge >= 0.3 is 0 Å². The first kappa shape index (κ1) is 17.2. The number of fused-ring (bicyclic) bond motifs is 1. The van der Waals surface area contributed by atoms with E-state index in [1.165, 1.54) is 11.3 Å². The topological polar surface area (TPSA) is 76.0 Å². The molecule has 7 heteroatoms. The Morgan fingerprint density at radius 3 is 2.80 bits per heavy atom. The quantitative estimate of drug-likeness (QED) is 0.682. The average Bonchev–Trinajstić information content (AvgIpc) is 3.23. The Hall–Kier alpha value is -2.67. The second kappa shape index (κ2) is 7.94. The van der Waals surface area contributed by atoms with E-state index in [-0.39, 0.29) is 18.2 Å². The molecule has 3 rings (SSSR count). The number of para-hydroxylation sites is 2. The smallest absolute Gasteiger partial charge is 0.252 e. The Balaban J connectivity index is 1.42. The zero-order valence-corrected chi connectivity index (χ0v) is 14.8. The average molecular weight is 356 g/mol. The Morgan fingerprint density at radius 2 is 2.00 bits per heavy atom. The summed E-state index contributed by atoms with van der Waals surface area (Å²) < 4.78 is 2.09. The van der Waals surface area contributed by atoms with Crippen LogP contribution in [0.3, 0.4) is 0 Å². The van der Waals surface area contributed by atoms with Crippen LogP contribution in [0.25, 0.3) is 11.0 Å². The molecule has 2 N–H and O–H groups in total. The second-order valence-corrected chi connectivity index (χ2v) is 6.45. The summed E-state index contributed by atoms with van der Waals surface area (Å²) in [5.41, 5.74) is 2.66. The highest BCUT2D eigenvalue weighted by molar-refractivity contribution is 7.08. The monoisotopic (exact) mass is 356 g/mol. The van der Waals surface area contributed by atoms with E-state index in [9.17, 15) is 9.59 Å². The van der Waals surface area contributed by atoms with Crippen molar-refractivity contribution in [1.82, 2.24) is 20.2 Å². The number of nitrogens with one attached hydrogen (secondary N) is 2. The van der Waals surface area contributed by atoms with Crippen molar-refractivity contribution in [2.75, 3.05) is 13.1 Å². The van der Waals surface area contributed by atoms with E-state index in [2.05, 4.69) is 20.2 Å². The van der Waals surface area contributed by atoms with E-state index in [0.717, 1.165) is 16.9 Å². The third kappa shape index (κ3) is 4.24. The largest absolute Gasteiger partial charge is 0.354 e. The van der Waals surface area contributed by atoms with Crippen LogP contribution in [0.4, 0.5) is 0 Å². The molecular formula is C18H20N4O2S. The molecule has 0 radical (unpaired) electrons. The second-order valence-electron chi connectivity index (χ2n) is 5.67. The summed E-state index contributed by atoms with van der Waals surface area (Å²) in [6.45, 7) is 3.48. The predicted molar refractivity (Wildman–Crippen MR) is 98.7 cm³/mol. The molecule has 3 aromatic rings. The van der Waals surface area contributed by atoms with Crippen LogP contribution >= 0.6 is 11.3 Å². The Kier molecular flexibility index (Phi) is 5.45. The lowest BCUT2D eigenvalue weighted by molar-refractivity contribution is -0.120. The lowest BCUT2D eigenvalue weighted by Crippen LogP contribution is -2.32. The van der Waals surface area contributed by atoms with Crippen molar-refractivity contribution >= 4 is 34.2 Å². The van der Waals surface area contributed by atoms with Crippen molar-refractivity contribution in [3.8, 4) is 0 Å². The number of benzene rings is 1. The molecule has 2 aromatic heterocycles. The molecule has 0 unspecified atom stereocenters. The highest BCUT2D eigenvalue weighted by Crippen LogP contribution is 2.14. The number of nitrogens with zero attached hydrogens (tertiary/aromatic N) is 2. The van der Waals surface area contributed by atoms with Crippen molar-refractivity contribution < 1.29 is 9.59 Å².